The number of hydrogen-bond donors (Lipinski definition) is 2. The summed E-state index contributed by atoms with van der Waals surface area (Å²) in [5, 5.41) is 7.54. The smallest absolute Gasteiger partial charge is 0.252 e. The van der Waals surface area contributed by atoms with E-state index in [1.165, 1.54) is 5.56 Å². The van der Waals surface area contributed by atoms with E-state index in [-0.39, 0.29) is 5.56 Å². The molecule has 2 N–H and O–H groups in total. The molecule has 0 amide bonds. The molecule has 0 aliphatic carbocycles. The Morgan fingerprint density at radius 3 is 2.52 bits per heavy atom. The number of aromatic amines is 1. The van der Waals surface area contributed by atoms with Crippen LogP contribution in [0.25, 0.3) is 11.1 Å². The van der Waals surface area contributed by atoms with Gasteiger partial charge in [0.2, 0.25) is 0 Å². The summed E-state index contributed by atoms with van der Waals surface area (Å²) in [6.45, 7) is 1.21. The number of anilines is 1. The van der Waals surface area contributed by atoms with Crippen LogP contribution in [0, 0.1) is 0 Å². The van der Waals surface area contributed by atoms with Gasteiger partial charge in [0.25, 0.3) is 5.56 Å². The van der Waals surface area contributed by atoms with Crippen molar-refractivity contribution in [2.75, 3.05) is 5.32 Å². The topological polar surface area (TPSA) is 62.7 Å². The Hall–Kier alpha value is -3.60. The van der Waals surface area contributed by atoms with Crippen LogP contribution in [-0.4, -0.2) is 14.8 Å². The number of nitrogens with zero attached hydrogens (tertiary/aromatic N) is 2. The van der Waals surface area contributed by atoms with Crippen LogP contribution in [0.3, 0.4) is 0 Å². The molecule has 0 fully saturated rings. The first-order valence-electron chi connectivity index (χ1n) is 8.85. The predicted molar refractivity (Wildman–Crippen MR) is 108 cm³/mol. The number of pyridine rings is 1. The van der Waals surface area contributed by atoms with E-state index in [0.29, 0.717) is 12.1 Å². The molecule has 134 valence electrons. The lowest BCUT2D eigenvalue weighted by Gasteiger charge is -2.09. The van der Waals surface area contributed by atoms with Crippen LogP contribution in [0.15, 0.2) is 90.1 Å². The maximum atomic E-state index is 12.2. The molecular formula is C22H20N4O. The SMILES string of the molecule is O=c1[nH]cc(-c2ccccc2)cc1CNc1ccc(Cn2cccn2)cc1. The van der Waals surface area contributed by atoms with Gasteiger partial charge in [0.15, 0.2) is 0 Å². The summed E-state index contributed by atoms with van der Waals surface area (Å²) >= 11 is 0. The summed E-state index contributed by atoms with van der Waals surface area (Å²) in [6, 6.07) is 22.0. The second-order valence-electron chi connectivity index (χ2n) is 6.36. The number of benzene rings is 2. The van der Waals surface area contributed by atoms with Crippen molar-refractivity contribution >= 4 is 5.69 Å². The summed E-state index contributed by atoms with van der Waals surface area (Å²) in [5.74, 6) is 0. The van der Waals surface area contributed by atoms with Crippen molar-refractivity contribution in [3.63, 3.8) is 0 Å². The third-order valence-corrected chi connectivity index (χ3v) is 4.43. The molecule has 2 aromatic heterocycles. The van der Waals surface area contributed by atoms with Gasteiger partial charge in [0.05, 0.1) is 6.54 Å². The van der Waals surface area contributed by atoms with Gasteiger partial charge < -0.3 is 10.3 Å². The summed E-state index contributed by atoms with van der Waals surface area (Å²) in [4.78, 5) is 15.0. The molecule has 2 heterocycles. The van der Waals surface area contributed by atoms with E-state index in [4.69, 9.17) is 0 Å². The van der Waals surface area contributed by atoms with Gasteiger partial charge in [0.1, 0.15) is 0 Å². The maximum Gasteiger partial charge on any atom is 0.252 e. The largest absolute Gasteiger partial charge is 0.381 e. The molecule has 5 nitrogen and oxygen atoms in total. The van der Waals surface area contributed by atoms with Crippen molar-refractivity contribution in [2.24, 2.45) is 0 Å². The number of hydrogen-bond acceptors (Lipinski definition) is 3. The van der Waals surface area contributed by atoms with Crippen molar-refractivity contribution < 1.29 is 0 Å². The highest BCUT2D eigenvalue weighted by molar-refractivity contribution is 5.63. The Bertz CT molecular complexity index is 1050. The Morgan fingerprint density at radius 2 is 1.78 bits per heavy atom. The van der Waals surface area contributed by atoms with Gasteiger partial charge in [-0.25, -0.2) is 0 Å². The van der Waals surface area contributed by atoms with E-state index < -0.39 is 0 Å². The van der Waals surface area contributed by atoms with Crippen LogP contribution in [-0.2, 0) is 13.1 Å². The van der Waals surface area contributed by atoms with E-state index >= 15 is 0 Å². The van der Waals surface area contributed by atoms with Gasteiger partial charge in [-0.2, -0.15) is 5.10 Å². The van der Waals surface area contributed by atoms with Crippen LogP contribution in [0.4, 0.5) is 5.69 Å². The Labute approximate surface area is 157 Å². The van der Waals surface area contributed by atoms with E-state index in [9.17, 15) is 4.79 Å². The third-order valence-electron chi connectivity index (χ3n) is 4.43. The highest BCUT2D eigenvalue weighted by atomic mass is 16.1. The molecule has 5 heteroatoms. The number of nitrogens with one attached hydrogen (secondary N) is 2. The second-order valence-corrected chi connectivity index (χ2v) is 6.36. The fourth-order valence-corrected chi connectivity index (χ4v) is 2.97. The fourth-order valence-electron chi connectivity index (χ4n) is 2.97. The van der Waals surface area contributed by atoms with Crippen LogP contribution in [0.5, 0.6) is 0 Å². The first-order chi connectivity index (χ1) is 13.3. The molecule has 0 unspecified atom stereocenters. The minimum absolute atomic E-state index is 0.0718. The summed E-state index contributed by atoms with van der Waals surface area (Å²) < 4.78 is 1.89. The van der Waals surface area contributed by atoms with Crippen molar-refractivity contribution in [3.8, 4) is 11.1 Å². The van der Waals surface area contributed by atoms with Crippen LogP contribution in [0.1, 0.15) is 11.1 Å². The van der Waals surface area contributed by atoms with Crippen LogP contribution < -0.4 is 10.9 Å². The first kappa shape index (κ1) is 16.8. The molecule has 0 saturated carbocycles. The molecule has 0 radical (unpaired) electrons. The summed E-state index contributed by atoms with van der Waals surface area (Å²) in [7, 11) is 0. The van der Waals surface area contributed by atoms with Gasteiger partial charge in [-0.15, -0.1) is 0 Å². The van der Waals surface area contributed by atoms with Gasteiger partial charge >= 0.3 is 0 Å². The average molecular weight is 356 g/mol. The molecule has 2 aromatic carbocycles. The first-order valence-corrected chi connectivity index (χ1v) is 8.85. The van der Waals surface area contributed by atoms with Gasteiger partial charge in [-0.05, 0) is 41.0 Å². The monoisotopic (exact) mass is 356 g/mol. The zero-order valence-corrected chi connectivity index (χ0v) is 14.8. The van der Waals surface area contributed by atoms with Crippen molar-refractivity contribution in [1.82, 2.24) is 14.8 Å². The maximum absolute atomic E-state index is 12.2. The Balaban J connectivity index is 1.44. The number of H-pyrrole nitrogens is 1. The molecule has 4 rings (SSSR count). The van der Waals surface area contributed by atoms with E-state index in [1.54, 1.807) is 12.4 Å². The molecule has 0 atom stereocenters. The fraction of sp³-hybridized carbons (Fsp3) is 0.0909. The zero-order valence-electron chi connectivity index (χ0n) is 14.8. The minimum Gasteiger partial charge on any atom is -0.381 e. The van der Waals surface area contributed by atoms with E-state index in [0.717, 1.165) is 23.4 Å². The minimum atomic E-state index is -0.0718. The third kappa shape index (κ3) is 4.15. The quantitative estimate of drug-likeness (QED) is 0.551. The number of aromatic nitrogens is 3. The van der Waals surface area contributed by atoms with E-state index in [1.807, 2.05) is 65.5 Å². The standard InChI is InChI=1S/C22H20N4O/c27-22-20(13-19(14-24-22)18-5-2-1-3-6-18)15-23-21-9-7-17(8-10-21)16-26-12-4-11-25-26/h1-14,23H,15-16H2,(H,24,27). The Kier molecular flexibility index (Phi) is 4.83. The van der Waals surface area contributed by atoms with Crippen molar-refractivity contribution in [3.05, 3.63) is 107 Å². The highest BCUT2D eigenvalue weighted by Gasteiger charge is 2.04. The lowest BCUT2D eigenvalue weighted by molar-refractivity contribution is 0.687. The molecule has 0 saturated heterocycles. The molecule has 0 aliphatic rings. The van der Waals surface area contributed by atoms with Crippen molar-refractivity contribution in [1.29, 1.82) is 0 Å². The highest BCUT2D eigenvalue weighted by Crippen LogP contribution is 2.18. The van der Waals surface area contributed by atoms with E-state index in [2.05, 4.69) is 27.5 Å². The molecule has 0 aliphatic heterocycles. The summed E-state index contributed by atoms with van der Waals surface area (Å²) in [6.07, 6.45) is 5.47. The molecule has 4 aromatic rings. The van der Waals surface area contributed by atoms with Gasteiger partial charge in [-0.3, -0.25) is 9.48 Å². The predicted octanol–water partition coefficient (Wildman–Crippen LogP) is 3.90. The zero-order chi connectivity index (χ0) is 18.5. The lowest BCUT2D eigenvalue weighted by atomic mass is 10.1. The van der Waals surface area contributed by atoms with Crippen LogP contribution in [0.2, 0.25) is 0 Å². The molecule has 0 spiro atoms. The normalized spacial score (nSPS) is 10.7. The molecule has 0 bridgehead atoms. The van der Waals surface area contributed by atoms with Crippen LogP contribution >= 0.6 is 0 Å². The summed E-state index contributed by atoms with van der Waals surface area (Å²) in [5.41, 5.74) is 4.87. The van der Waals surface area contributed by atoms with Gasteiger partial charge in [-0.1, -0.05) is 42.5 Å². The lowest BCUT2D eigenvalue weighted by Crippen LogP contribution is -2.15. The Morgan fingerprint density at radius 1 is 0.963 bits per heavy atom. The second kappa shape index (κ2) is 7.74. The molecule has 27 heavy (non-hydrogen) atoms. The number of rotatable bonds is 6. The molecular weight excluding hydrogens is 336 g/mol. The van der Waals surface area contributed by atoms with Crippen molar-refractivity contribution in [2.45, 2.75) is 13.1 Å². The van der Waals surface area contributed by atoms with Gasteiger partial charge in [0, 0.05) is 36.4 Å². The average Bonchev–Trinajstić information content (AvgIpc) is 3.22.